The summed E-state index contributed by atoms with van der Waals surface area (Å²) in [5.41, 5.74) is 2.59. The van der Waals surface area contributed by atoms with Gasteiger partial charge in [-0.05, 0) is 61.0 Å². The van der Waals surface area contributed by atoms with Crippen molar-refractivity contribution in [2.45, 2.75) is 19.6 Å². The van der Waals surface area contributed by atoms with Crippen molar-refractivity contribution >= 4 is 40.7 Å². The molecule has 0 fully saturated rings. The van der Waals surface area contributed by atoms with Gasteiger partial charge in [-0.2, -0.15) is 10.1 Å². The Morgan fingerprint density at radius 3 is 2.66 bits per heavy atom. The Bertz CT molecular complexity index is 1520. The van der Waals surface area contributed by atoms with Crippen molar-refractivity contribution in [1.82, 2.24) is 14.8 Å². The number of nitrogens with zero attached hydrogens (tertiary/aromatic N) is 3. The first-order chi connectivity index (χ1) is 18.4. The van der Waals surface area contributed by atoms with Gasteiger partial charge in [-0.3, -0.25) is 4.79 Å². The lowest BCUT2D eigenvalue weighted by Gasteiger charge is -2.29. The molecule has 0 bridgehead atoms. The van der Waals surface area contributed by atoms with Crippen LogP contribution in [0.4, 0.5) is 16.0 Å². The minimum atomic E-state index is -0.620. The van der Waals surface area contributed by atoms with E-state index in [9.17, 15) is 9.18 Å². The molecule has 5 rings (SSSR count). The quantitative estimate of drug-likeness (QED) is 0.281. The van der Waals surface area contributed by atoms with E-state index in [0.717, 1.165) is 0 Å². The Kier molecular flexibility index (Phi) is 7.22. The smallest absolute Gasteiger partial charge is 0.255 e. The van der Waals surface area contributed by atoms with Crippen LogP contribution < -0.4 is 20.1 Å². The number of hydrogen-bond acceptors (Lipinski definition) is 6. The fourth-order valence-corrected chi connectivity index (χ4v) is 4.56. The van der Waals surface area contributed by atoms with Crippen LogP contribution in [0.25, 0.3) is 0 Å². The number of carbonyl (C=O) groups is 1. The highest BCUT2D eigenvalue weighted by molar-refractivity contribution is 6.31. The van der Waals surface area contributed by atoms with E-state index in [1.807, 2.05) is 0 Å². The van der Waals surface area contributed by atoms with Crippen LogP contribution in [0.3, 0.4) is 0 Å². The molecular weight excluding hydrogens is 532 g/mol. The summed E-state index contributed by atoms with van der Waals surface area (Å²) in [5.74, 6) is 0.487. The lowest BCUT2D eigenvalue weighted by molar-refractivity contribution is -0.113. The standard InChI is InChI=1S/C27H22Cl2FN5O3/c1-15-24(26(36)34-18-9-7-17(28)8-10-18)25(35-27(33-15)31-14-32-35)16-6-11-22(23(12-16)37-2)38-13-19-20(29)4-3-5-21(19)30/h3-12,14,25H,13H2,1-2H3,(H,34,36)(H,31,32,33). The summed E-state index contributed by atoms with van der Waals surface area (Å²) in [6.45, 7) is 1.71. The third kappa shape index (κ3) is 5.03. The van der Waals surface area contributed by atoms with Crippen molar-refractivity contribution in [1.29, 1.82) is 0 Å². The second-order valence-corrected chi connectivity index (χ2v) is 9.30. The summed E-state index contributed by atoms with van der Waals surface area (Å²) < 4.78 is 27.3. The van der Waals surface area contributed by atoms with Crippen LogP contribution in [0.2, 0.25) is 10.0 Å². The Labute approximate surface area is 228 Å². The Hall–Kier alpha value is -4.08. The molecule has 194 valence electrons. The van der Waals surface area contributed by atoms with Crippen molar-refractivity contribution in [2.75, 3.05) is 17.7 Å². The molecule has 1 atom stereocenters. The van der Waals surface area contributed by atoms with Crippen molar-refractivity contribution in [3.8, 4) is 11.5 Å². The van der Waals surface area contributed by atoms with Crippen molar-refractivity contribution in [3.63, 3.8) is 0 Å². The van der Waals surface area contributed by atoms with Gasteiger partial charge >= 0.3 is 0 Å². The monoisotopic (exact) mass is 553 g/mol. The number of hydrogen-bond donors (Lipinski definition) is 2. The van der Waals surface area contributed by atoms with Gasteiger partial charge in [-0.1, -0.05) is 35.3 Å². The zero-order valence-electron chi connectivity index (χ0n) is 20.3. The van der Waals surface area contributed by atoms with Gasteiger partial charge in [0.1, 0.15) is 24.8 Å². The highest BCUT2D eigenvalue weighted by Gasteiger charge is 2.34. The minimum Gasteiger partial charge on any atom is -0.493 e. The van der Waals surface area contributed by atoms with Crippen molar-refractivity contribution < 1.29 is 18.7 Å². The number of aromatic nitrogens is 3. The summed E-state index contributed by atoms with van der Waals surface area (Å²) in [4.78, 5) is 17.8. The van der Waals surface area contributed by atoms with Gasteiger partial charge in [0, 0.05) is 22.0 Å². The zero-order valence-corrected chi connectivity index (χ0v) is 21.8. The number of halogens is 3. The number of allylic oxidation sites excluding steroid dienone is 1. The Morgan fingerprint density at radius 2 is 1.92 bits per heavy atom. The van der Waals surface area contributed by atoms with Crippen LogP contribution in [0.5, 0.6) is 11.5 Å². The maximum atomic E-state index is 14.2. The van der Waals surface area contributed by atoms with E-state index in [4.69, 9.17) is 32.7 Å². The number of nitrogens with one attached hydrogen (secondary N) is 2. The molecule has 8 nitrogen and oxygen atoms in total. The molecule has 3 aromatic carbocycles. The number of anilines is 2. The summed E-state index contributed by atoms with van der Waals surface area (Å²) in [5, 5.41) is 11.2. The van der Waals surface area contributed by atoms with Crippen LogP contribution in [0.1, 0.15) is 24.1 Å². The molecule has 0 radical (unpaired) electrons. The SMILES string of the molecule is COc1cc(C2C(C(=O)Nc3ccc(Cl)cc3)=C(C)Nc3ncnn32)ccc1OCc1c(F)cccc1Cl. The van der Waals surface area contributed by atoms with Crippen molar-refractivity contribution in [2.24, 2.45) is 0 Å². The summed E-state index contributed by atoms with van der Waals surface area (Å²) in [6.07, 6.45) is 1.41. The first-order valence-corrected chi connectivity index (χ1v) is 12.3. The topological polar surface area (TPSA) is 90.3 Å². The Balaban J connectivity index is 1.48. The van der Waals surface area contributed by atoms with Gasteiger partial charge in [0.25, 0.3) is 5.91 Å². The molecule has 11 heteroatoms. The number of amides is 1. The van der Waals surface area contributed by atoms with Gasteiger partial charge in [-0.25, -0.2) is 9.07 Å². The average molecular weight is 554 g/mol. The van der Waals surface area contributed by atoms with E-state index < -0.39 is 11.9 Å². The molecule has 0 spiro atoms. The molecule has 1 aromatic heterocycles. The number of carbonyl (C=O) groups excluding carboxylic acids is 1. The summed E-state index contributed by atoms with van der Waals surface area (Å²) in [7, 11) is 1.50. The van der Waals surface area contributed by atoms with Crippen molar-refractivity contribution in [3.05, 3.63) is 105 Å². The zero-order chi connectivity index (χ0) is 26.8. The maximum absolute atomic E-state index is 14.2. The van der Waals surface area contributed by atoms with Crippen LogP contribution in [0.15, 0.2) is 78.3 Å². The lowest BCUT2D eigenvalue weighted by Crippen LogP contribution is -2.31. The molecule has 0 aliphatic carbocycles. The third-order valence-electron chi connectivity index (χ3n) is 6.08. The summed E-state index contributed by atoms with van der Waals surface area (Å²) >= 11 is 12.1. The van der Waals surface area contributed by atoms with E-state index in [-0.39, 0.29) is 23.1 Å². The number of methoxy groups -OCH3 is 1. The molecule has 1 aliphatic rings. The molecule has 1 amide bonds. The Morgan fingerprint density at radius 1 is 1.13 bits per heavy atom. The predicted octanol–water partition coefficient (Wildman–Crippen LogP) is 6.24. The predicted molar refractivity (Wildman–Crippen MR) is 143 cm³/mol. The molecule has 0 saturated heterocycles. The lowest BCUT2D eigenvalue weighted by atomic mass is 9.94. The molecule has 38 heavy (non-hydrogen) atoms. The molecule has 1 unspecified atom stereocenters. The van der Waals surface area contributed by atoms with E-state index in [2.05, 4.69) is 20.7 Å². The maximum Gasteiger partial charge on any atom is 0.255 e. The molecule has 2 N–H and O–H groups in total. The van der Waals surface area contributed by atoms with Crippen LogP contribution in [0, 0.1) is 5.82 Å². The number of fused-ring (bicyclic) bond motifs is 1. The van der Waals surface area contributed by atoms with Gasteiger partial charge in [-0.15, -0.1) is 0 Å². The van der Waals surface area contributed by atoms with Gasteiger partial charge < -0.3 is 20.1 Å². The summed E-state index contributed by atoms with van der Waals surface area (Å²) in [6, 6.07) is 15.9. The highest BCUT2D eigenvalue weighted by Crippen LogP contribution is 2.39. The first-order valence-electron chi connectivity index (χ1n) is 11.5. The van der Waals surface area contributed by atoms with E-state index in [1.54, 1.807) is 60.1 Å². The van der Waals surface area contributed by atoms with E-state index >= 15 is 0 Å². The number of ether oxygens (including phenoxy) is 2. The number of benzene rings is 3. The van der Waals surface area contributed by atoms with Crippen LogP contribution in [-0.2, 0) is 11.4 Å². The second-order valence-electron chi connectivity index (χ2n) is 8.45. The molecule has 2 heterocycles. The normalized spacial score (nSPS) is 14.5. The first kappa shape index (κ1) is 25.6. The van der Waals surface area contributed by atoms with Gasteiger partial charge in [0.05, 0.1) is 17.7 Å². The minimum absolute atomic E-state index is 0.0878. The molecular formula is C27H22Cl2FN5O3. The van der Waals surface area contributed by atoms with E-state index in [0.29, 0.717) is 45.0 Å². The fraction of sp³-hybridized carbons (Fsp3) is 0.148. The van der Waals surface area contributed by atoms with Crippen LogP contribution >= 0.6 is 23.2 Å². The molecule has 1 aliphatic heterocycles. The molecule has 4 aromatic rings. The van der Waals surface area contributed by atoms with Crippen LogP contribution in [-0.4, -0.2) is 27.8 Å². The third-order valence-corrected chi connectivity index (χ3v) is 6.68. The molecule has 0 saturated carbocycles. The van der Waals surface area contributed by atoms with E-state index in [1.165, 1.54) is 25.6 Å². The number of rotatable bonds is 7. The van der Waals surface area contributed by atoms with Gasteiger partial charge in [0.15, 0.2) is 11.5 Å². The van der Waals surface area contributed by atoms with Gasteiger partial charge in [0.2, 0.25) is 5.95 Å². The second kappa shape index (κ2) is 10.7. The fourth-order valence-electron chi connectivity index (χ4n) is 4.22. The average Bonchev–Trinajstić information content (AvgIpc) is 3.37. The largest absolute Gasteiger partial charge is 0.493 e. The highest BCUT2D eigenvalue weighted by atomic mass is 35.5.